The maximum Gasteiger partial charge on any atom is 0.319 e. The molecule has 0 heterocycles. The van der Waals surface area contributed by atoms with Crippen molar-refractivity contribution in [2.45, 2.75) is 23.5 Å². The van der Waals surface area contributed by atoms with Gasteiger partial charge in [0.05, 0.1) is 6.61 Å². The molecule has 3 aromatic carbocycles. The number of ketones is 1. The van der Waals surface area contributed by atoms with Gasteiger partial charge in [0, 0.05) is 16.9 Å². The Balaban J connectivity index is 1.80. The number of Topliss-reactive ketones (excluding diaryl/α,β-unsaturated/α-hetero) is 1. The van der Waals surface area contributed by atoms with E-state index < -0.39 is 5.25 Å². The average Bonchev–Trinajstić information content (AvgIpc) is 2.68. The second kappa shape index (κ2) is 8.68. The van der Waals surface area contributed by atoms with Gasteiger partial charge in [-0.1, -0.05) is 60.7 Å². The van der Waals surface area contributed by atoms with E-state index in [9.17, 15) is 9.59 Å². The summed E-state index contributed by atoms with van der Waals surface area (Å²) in [5, 5.41) is 1.68. The first-order valence-corrected chi connectivity index (χ1v) is 9.45. The van der Waals surface area contributed by atoms with Gasteiger partial charge in [-0.2, -0.15) is 0 Å². The molecule has 26 heavy (non-hydrogen) atoms. The fraction of sp³-hybridized carbons (Fsp3) is 0.182. The molecule has 3 aromatic rings. The number of fused-ring (bicyclic) bond motifs is 1. The molecule has 0 aliphatic heterocycles. The summed E-state index contributed by atoms with van der Waals surface area (Å²) in [4.78, 5) is 25.9. The molecule has 1 unspecified atom stereocenters. The van der Waals surface area contributed by atoms with Gasteiger partial charge >= 0.3 is 5.97 Å². The van der Waals surface area contributed by atoms with Gasteiger partial charge in [-0.3, -0.25) is 9.59 Å². The molecule has 132 valence electrons. The first-order chi connectivity index (χ1) is 12.7. The molecule has 3 rings (SSSR count). The summed E-state index contributed by atoms with van der Waals surface area (Å²) in [5.41, 5.74) is 0.612. The second-order valence-corrected chi connectivity index (χ2v) is 7.14. The van der Waals surface area contributed by atoms with E-state index >= 15 is 0 Å². The molecule has 0 spiro atoms. The maximum absolute atomic E-state index is 12.5. The summed E-state index contributed by atoms with van der Waals surface area (Å²) in [5.74, 6) is -0.410. The molecule has 0 fully saturated rings. The smallest absolute Gasteiger partial charge is 0.319 e. The lowest BCUT2D eigenvalue weighted by Crippen LogP contribution is -2.23. The standard InChI is InChI=1S/C22H20O3S/c1-2-25-22(24)21(15-20(23)17-9-4-3-5-10-17)26-19-13-12-16-8-6-7-11-18(16)14-19/h3-14,21H,2,15H2,1H3. The summed E-state index contributed by atoms with van der Waals surface area (Å²) >= 11 is 1.38. The van der Waals surface area contributed by atoms with E-state index in [-0.39, 0.29) is 18.2 Å². The molecule has 0 saturated carbocycles. The lowest BCUT2D eigenvalue weighted by Gasteiger charge is -2.15. The quantitative estimate of drug-likeness (QED) is 0.331. The van der Waals surface area contributed by atoms with Crippen molar-refractivity contribution >= 4 is 34.3 Å². The lowest BCUT2D eigenvalue weighted by molar-refractivity contribution is -0.142. The van der Waals surface area contributed by atoms with E-state index in [4.69, 9.17) is 4.74 Å². The Hall–Kier alpha value is -2.59. The Morgan fingerprint density at radius 3 is 2.35 bits per heavy atom. The molecular formula is C22H20O3S. The number of esters is 1. The Kier molecular flexibility index (Phi) is 6.08. The van der Waals surface area contributed by atoms with Crippen molar-refractivity contribution in [2.24, 2.45) is 0 Å². The minimum atomic E-state index is -0.566. The predicted octanol–water partition coefficient (Wildman–Crippen LogP) is 5.14. The minimum Gasteiger partial charge on any atom is -0.465 e. The van der Waals surface area contributed by atoms with Crippen LogP contribution in [-0.2, 0) is 9.53 Å². The number of hydrogen-bond acceptors (Lipinski definition) is 4. The number of thioether (sulfide) groups is 1. The van der Waals surface area contributed by atoms with Crippen LogP contribution in [0, 0.1) is 0 Å². The van der Waals surface area contributed by atoms with Crippen LogP contribution in [0.25, 0.3) is 10.8 Å². The van der Waals surface area contributed by atoms with E-state index in [2.05, 4.69) is 0 Å². The van der Waals surface area contributed by atoms with Crippen LogP contribution in [0.4, 0.5) is 0 Å². The van der Waals surface area contributed by atoms with Crippen molar-refractivity contribution in [1.29, 1.82) is 0 Å². The fourth-order valence-electron chi connectivity index (χ4n) is 2.72. The van der Waals surface area contributed by atoms with Crippen molar-refractivity contribution in [3.8, 4) is 0 Å². The number of rotatable bonds is 7. The Bertz CT molecular complexity index is 905. The van der Waals surface area contributed by atoms with Crippen molar-refractivity contribution < 1.29 is 14.3 Å². The van der Waals surface area contributed by atoms with E-state index in [1.165, 1.54) is 11.8 Å². The molecule has 3 nitrogen and oxygen atoms in total. The molecule has 0 aromatic heterocycles. The van der Waals surface area contributed by atoms with Crippen LogP contribution in [0.15, 0.2) is 77.7 Å². The fourth-order valence-corrected chi connectivity index (χ4v) is 3.79. The summed E-state index contributed by atoms with van der Waals surface area (Å²) in [6, 6.07) is 23.2. The van der Waals surface area contributed by atoms with Gasteiger partial charge in [0.15, 0.2) is 5.78 Å². The number of hydrogen-bond donors (Lipinski definition) is 0. The first kappa shape index (κ1) is 18.2. The molecule has 0 aliphatic rings. The van der Waals surface area contributed by atoms with Crippen molar-refractivity contribution in [2.75, 3.05) is 6.61 Å². The third kappa shape index (κ3) is 4.52. The van der Waals surface area contributed by atoms with E-state index in [1.54, 1.807) is 19.1 Å². The number of carbonyl (C=O) groups is 2. The van der Waals surface area contributed by atoms with Gasteiger partial charge < -0.3 is 4.74 Å². The van der Waals surface area contributed by atoms with Crippen LogP contribution in [-0.4, -0.2) is 23.6 Å². The summed E-state index contributed by atoms with van der Waals surface area (Å²) in [6.45, 7) is 2.07. The van der Waals surface area contributed by atoms with Crippen LogP contribution in [0.1, 0.15) is 23.7 Å². The molecule has 0 radical (unpaired) electrons. The molecule has 0 saturated heterocycles. The highest BCUT2D eigenvalue weighted by Crippen LogP contribution is 2.30. The van der Waals surface area contributed by atoms with Gasteiger partial charge in [0.2, 0.25) is 0 Å². The molecule has 1 atom stereocenters. The highest BCUT2D eigenvalue weighted by molar-refractivity contribution is 8.00. The van der Waals surface area contributed by atoms with E-state index in [0.717, 1.165) is 15.7 Å². The first-order valence-electron chi connectivity index (χ1n) is 8.57. The van der Waals surface area contributed by atoms with Crippen LogP contribution >= 0.6 is 11.8 Å². The van der Waals surface area contributed by atoms with Crippen LogP contribution in [0.2, 0.25) is 0 Å². The van der Waals surface area contributed by atoms with Gasteiger partial charge in [0.1, 0.15) is 5.25 Å². The Morgan fingerprint density at radius 2 is 1.62 bits per heavy atom. The highest BCUT2D eigenvalue weighted by Gasteiger charge is 2.25. The average molecular weight is 364 g/mol. The summed E-state index contributed by atoms with van der Waals surface area (Å²) in [7, 11) is 0. The Labute approximate surface area is 157 Å². The minimum absolute atomic E-state index is 0.0584. The zero-order valence-corrected chi connectivity index (χ0v) is 15.4. The number of ether oxygens (including phenoxy) is 1. The van der Waals surface area contributed by atoms with Gasteiger partial charge in [0.25, 0.3) is 0 Å². The van der Waals surface area contributed by atoms with Gasteiger partial charge in [-0.05, 0) is 29.8 Å². The molecular weight excluding hydrogens is 344 g/mol. The number of carbonyl (C=O) groups excluding carboxylic acids is 2. The zero-order valence-electron chi connectivity index (χ0n) is 14.6. The third-order valence-electron chi connectivity index (χ3n) is 4.02. The van der Waals surface area contributed by atoms with E-state index in [1.807, 2.05) is 60.7 Å². The van der Waals surface area contributed by atoms with Crippen molar-refractivity contribution in [1.82, 2.24) is 0 Å². The Morgan fingerprint density at radius 1 is 0.923 bits per heavy atom. The summed E-state index contributed by atoms with van der Waals surface area (Å²) in [6.07, 6.45) is 0.111. The van der Waals surface area contributed by atoms with Crippen LogP contribution < -0.4 is 0 Å². The molecule has 4 heteroatoms. The van der Waals surface area contributed by atoms with E-state index in [0.29, 0.717) is 12.2 Å². The largest absolute Gasteiger partial charge is 0.465 e. The molecule has 0 bridgehead atoms. The lowest BCUT2D eigenvalue weighted by atomic mass is 10.1. The molecule has 0 N–H and O–H groups in total. The van der Waals surface area contributed by atoms with Gasteiger partial charge in [-0.15, -0.1) is 11.8 Å². The molecule has 0 amide bonds. The summed E-state index contributed by atoms with van der Waals surface area (Å²) < 4.78 is 5.19. The van der Waals surface area contributed by atoms with Crippen molar-refractivity contribution in [3.05, 3.63) is 78.4 Å². The topological polar surface area (TPSA) is 43.4 Å². The normalized spacial score (nSPS) is 11.9. The monoisotopic (exact) mass is 364 g/mol. The van der Waals surface area contributed by atoms with Gasteiger partial charge in [-0.25, -0.2) is 0 Å². The zero-order chi connectivity index (χ0) is 18.4. The maximum atomic E-state index is 12.5. The SMILES string of the molecule is CCOC(=O)C(CC(=O)c1ccccc1)Sc1ccc2ccccc2c1. The van der Waals surface area contributed by atoms with Crippen molar-refractivity contribution in [3.63, 3.8) is 0 Å². The van der Waals surface area contributed by atoms with Crippen LogP contribution in [0.5, 0.6) is 0 Å². The number of benzene rings is 3. The third-order valence-corrected chi connectivity index (χ3v) is 5.19. The highest BCUT2D eigenvalue weighted by atomic mass is 32.2. The predicted molar refractivity (Wildman–Crippen MR) is 106 cm³/mol. The second-order valence-electron chi connectivity index (χ2n) is 5.86. The van der Waals surface area contributed by atoms with Crippen LogP contribution in [0.3, 0.4) is 0 Å². The molecule has 0 aliphatic carbocycles.